The summed E-state index contributed by atoms with van der Waals surface area (Å²) in [6, 6.07) is 2.92. The Morgan fingerprint density at radius 3 is 2.30 bits per heavy atom. The summed E-state index contributed by atoms with van der Waals surface area (Å²) in [6.07, 6.45) is 0. The van der Waals surface area contributed by atoms with Gasteiger partial charge in [-0.1, -0.05) is 0 Å². The van der Waals surface area contributed by atoms with Gasteiger partial charge >= 0.3 is 0 Å². The molecule has 2 nitrogen and oxygen atoms in total. The molecule has 0 amide bonds. The minimum absolute atomic E-state index is 0.0793. The lowest BCUT2D eigenvalue weighted by Crippen LogP contribution is -1.77. The molecule has 0 fully saturated rings. The Morgan fingerprint density at radius 1 is 1.20 bits per heavy atom. The van der Waals surface area contributed by atoms with Crippen LogP contribution in [0.1, 0.15) is 11.1 Å². The number of phenols is 1. The minimum Gasteiger partial charge on any atom is -0.508 e. The van der Waals surface area contributed by atoms with Gasteiger partial charge in [0.1, 0.15) is 5.75 Å². The maximum atomic E-state index is 10.8. The summed E-state index contributed by atoms with van der Waals surface area (Å²) in [5.74, 6) is -0.0290. The predicted octanol–water partition coefficient (Wildman–Crippen LogP) is 2.15. The molecule has 0 saturated heterocycles. The van der Waals surface area contributed by atoms with Gasteiger partial charge in [0.2, 0.25) is 0 Å². The first-order valence-electron chi connectivity index (χ1n) is 3.08. The third kappa shape index (κ3) is 1.05. The number of benzene rings is 1. The van der Waals surface area contributed by atoms with E-state index in [0.717, 1.165) is 5.56 Å². The van der Waals surface area contributed by atoms with Crippen LogP contribution in [0.5, 0.6) is 11.5 Å². The first-order valence-corrected chi connectivity index (χ1v) is 3.08. The number of aromatic hydroxyl groups is 1. The molecule has 0 heterocycles. The summed E-state index contributed by atoms with van der Waals surface area (Å²) >= 11 is 0. The average Bonchev–Trinajstić information content (AvgIpc) is 1.84. The van der Waals surface area contributed by atoms with Crippen molar-refractivity contribution in [1.29, 1.82) is 0 Å². The summed E-state index contributed by atoms with van der Waals surface area (Å²) < 4.78 is 0. The molecule has 1 rings (SSSR count). The van der Waals surface area contributed by atoms with E-state index in [1.54, 1.807) is 19.9 Å². The van der Waals surface area contributed by atoms with E-state index in [0.29, 0.717) is 5.56 Å². The number of hydrogen-bond acceptors (Lipinski definition) is 1. The van der Waals surface area contributed by atoms with Crippen molar-refractivity contribution in [3.63, 3.8) is 0 Å². The molecule has 1 N–H and O–H groups in total. The van der Waals surface area contributed by atoms with Crippen molar-refractivity contribution in [2.75, 3.05) is 0 Å². The van der Waals surface area contributed by atoms with Crippen molar-refractivity contribution in [2.24, 2.45) is 0 Å². The molecule has 0 atom stereocenters. The highest BCUT2D eigenvalue weighted by Crippen LogP contribution is 2.25. The Morgan fingerprint density at radius 2 is 1.80 bits per heavy atom. The molecule has 0 bridgehead atoms. The van der Waals surface area contributed by atoms with E-state index in [1.807, 2.05) is 0 Å². The van der Waals surface area contributed by atoms with Crippen LogP contribution in [-0.2, 0) is 5.11 Å². The molecular formula is C8H9O2. The summed E-state index contributed by atoms with van der Waals surface area (Å²) in [7, 11) is 0. The third-order valence-electron chi connectivity index (χ3n) is 1.49. The van der Waals surface area contributed by atoms with Gasteiger partial charge in [0.25, 0.3) is 0 Å². The van der Waals surface area contributed by atoms with Crippen LogP contribution in [0, 0.1) is 13.8 Å². The zero-order valence-electron chi connectivity index (χ0n) is 6.01. The summed E-state index contributed by atoms with van der Waals surface area (Å²) in [5, 5.41) is 19.9. The van der Waals surface area contributed by atoms with Gasteiger partial charge < -0.3 is 5.11 Å². The zero-order valence-corrected chi connectivity index (χ0v) is 6.01. The normalized spacial score (nSPS) is 9.80. The van der Waals surface area contributed by atoms with Gasteiger partial charge in [-0.15, -0.1) is 0 Å². The van der Waals surface area contributed by atoms with E-state index < -0.39 is 0 Å². The molecule has 10 heavy (non-hydrogen) atoms. The van der Waals surface area contributed by atoms with Crippen molar-refractivity contribution >= 4 is 0 Å². The maximum Gasteiger partial charge on any atom is 0.185 e. The van der Waals surface area contributed by atoms with Crippen molar-refractivity contribution in [3.8, 4) is 11.5 Å². The molecule has 2 heteroatoms. The Bertz CT molecular complexity index is 203. The van der Waals surface area contributed by atoms with Crippen LogP contribution in [0.4, 0.5) is 0 Å². The molecule has 0 saturated carbocycles. The van der Waals surface area contributed by atoms with Gasteiger partial charge in [0.15, 0.2) is 5.75 Å². The topological polar surface area (TPSA) is 40.1 Å². The van der Waals surface area contributed by atoms with Gasteiger partial charge in [0.05, 0.1) is 0 Å². The molecule has 53 valence electrons. The number of rotatable bonds is 0. The second-order valence-corrected chi connectivity index (χ2v) is 2.40. The van der Waals surface area contributed by atoms with Crippen molar-refractivity contribution in [1.82, 2.24) is 0 Å². The van der Waals surface area contributed by atoms with Gasteiger partial charge in [-0.25, -0.2) is 0 Å². The lowest BCUT2D eigenvalue weighted by Gasteiger charge is -1.99. The number of aryl methyl sites for hydroxylation is 2. The molecule has 0 aliphatic rings. The standard InChI is InChI=1S/C8H9O2/c1-5-3-6(2)8(10)4-7(5)9/h3-4,9H,1-2H3. The van der Waals surface area contributed by atoms with Crippen LogP contribution in [0.2, 0.25) is 0 Å². The van der Waals surface area contributed by atoms with E-state index in [1.165, 1.54) is 6.07 Å². The second-order valence-electron chi connectivity index (χ2n) is 2.40. The van der Waals surface area contributed by atoms with Crippen molar-refractivity contribution in [2.45, 2.75) is 13.8 Å². The first kappa shape index (κ1) is 6.93. The van der Waals surface area contributed by atoms with Gasteiger partial charge in [0, 0.05) is 6.07 Å². The van der Waals surface area contributed by atoms with Gasteiger partial charge in [-0.2, -0.15) is 0 Å². The molecule has 0 aromatic heterocycles. The Kier molecular flexibility index (Phi) is 1.53. The SMILES string of the molecule is Cc1cc(C)c(O)cc1[O]. The molecule has 0 spiro atoms. The predicted molar refractivity (Wildman–Crippen MR) is 37.7 cm³/mol. The molecule has 1 aromatic carbocycles. The van der Waals surface area contributed by atoms with Crippen LogP contribution in [-0.4, -0.2) is 5.11 Å². The fourth-order valence-corrected chi connectivity index (χ4v) is 0.822. The number of hydrogen-bond donors (Lipinski definition) is 1. The van der Waals surface area contributed by atoms with Gasteiger partial charge in [-0.3, -0.25) is 5.11 Å². The second kappa shape index (κ2) is 2.21. The molecule has 0 aliphatic carbocycles. The van der Waals surface area contributed by atoms with Crippen LogP contribution in [0.15, 0.2) is 12.1 Å². The summed E-state index contributed by atoms with van der Waals surface area (Å²) in [5.41, 5.74) is 1.42. The molecule has 1 aromatic rings. The lowest BCUT2D eigenvalue weighted by molar-refractivity contribution is 0.347. The van der Waals surface area contributed by atoms with E-state index in [2.05, 4.69) is 0 Å². The Hall–Kier alpha value is -1.18. The van der Waals surface area contributed by atoms with E-state index >= 15 is 0 Å². The maximum absolute atomic E-state index is 10.8. The van der Waals surface area contributed by atoms with Crippen LogP contribution in [0.3, 0.4) is 0 Å². The van der Waals surface area contributed by atoms with Crippen molar-refractivity contribution < 1.29 is 10.2 Å². The van der Waals surface area contributed by atoms with Crippen molar-refractivity contribution in [3.05, 3.63) is 23.3 Å². The largest absolute Gasteiger partial charge is 0.508 e. The highest BCUT2D eigenvalue weighted by Gasteiger charge is 2.01. The average molecular weight is 137 g/mol. The Balaban J connectivity index is 3.28. The fraction of sp³-hybridized carbons (Fsp3) is 0.250. The smallest absolute Gasteiger partial charge is 0.185 e. The monoisotopic (exact) mass is 137 g/mol. The van der Waals surface area contributed by atoms with Crippen LogP contribution in [0.25, 0.3) is 0 Å². The van der Waals surface area contributed by atoms with Crippen LogP contribution < -0.4 is 0 Å². The van der Waals surface area contributed by atoms with E-state index in [9.17, 15) is 5.11 Å². The van der Waals surface area contributed by atoms with E-state index in [4.69, 9.17) is 5.11 Å². The Labute approximate surface area is 59.7 Å². The molecule has 0 unspecified atom stereocenters. The zero-order chi connectivity index (χ0) is 7.72. The number of phenolic OH excluding ortho intramolecular Hbond substituents is 1. The first-order chi connectivity index (χ1) is 4.61. The fourth-order valence-electron chi connectivity index (χ4n) is 0.822. The minimum atomic E-state index is -0.108. The summed E-state index contributed by atoms with van der Waals surface area (Å²) in [4.78, 5) is 0. The quantitative estimate of drug-likeness (QED) is 0.584. The van der Waals surface area contributed by atoms with Gasteiger partial charge in [-0.05, 0) is 31.0 Å². The molecule has 0 aliphatic heterocycles. The molecular weight excluding hydrogens is 128 g/mol. The highest BCUT2D eigenvalue weighted by molar-refractivity contribution is 5.43. The molecule has 1 radical (unpaired) electrons. The third-order valence-corrected chi connectivity index (χ3v) is 1.49. The lowest BCUT2D eigenvalue weighted by atomic mass is 10.1. The highest BCUT2D eigenvalue weighted by atomic mass is 16.3. The van der Waals surface area contributed by atoms with Crippen LogP contribution >= 0.6 is 0 Å². The van der Waals surface area contributed by atoms with E-state index in [-0.39, 0.29) is 11.5 Å². The summed E-state index contributed by atoms with van der Waals surface area (Å²) in [6.45, 7) is 3.50.